The standard InChI is InChI=1S/C19H20ClN5/c1-13-10-22-19(23-11-13)24-6-4-15-5-7-25(18(15)12-24)17-3-2-14(9-21)8-16(17)20/h2-3,8,10-11,15,18H,4-7,12H2,1H3. The van der Waals surface area contributed by atoms with Crippen LogP contribution in [-0.2, 0) is 0 Å². The average molecular weight is 354 g/mol. The molecule has 2 aliphatic heterocycles. The topological polar surface area (TPSA) is 56.1 Å². The van der Waals surface area contributed by atoms with Crippen molar-refractivity contribution in [3.63, 3.8) is 0 Å². The third-order valence-electron chi connectivity index (χ3n) is 5.30. The maximum atomic E-state index is 9.04. The molecule has 6 heteroatoms. The highest BCUT2D eigenvalue weighted by atomic mass is 35.5. The highest BCUT2D eigenvalue weighted by molar-refractivity contribution is 6.33. The molecule has 2 aliphatic rings. The van der Waals surface area contributed by atoms with E-state index >= 15 is 0 Å². The van der Waals surface area contributed by atoms with Crippen molar-refractivity contribution >= 4 is 23.2 Å². The van der Waals surface area contributed by atoms with Crippen molar-refractivity contribution in [2.24, 2.45) is 5.92 Å². The van der Waals surface area contributed by atoms with Gasteiger partial charge in [0.15, 0.2) is 0 Å². The zero-order valence-corrected chi connectivity index (χ0v) is 14.9. The van der Waals surface area contributed by atoms with Crippen molar-refractivity contribution < 1.29 is 0 Å². The van der Waals surface area contributed by atoms with Gasteiger partial charge < -0.3 is 9.80 Å². The van der Waals surface area contributed by atoms with E-state index in [1.165, 1.54) is 6.42 Å². The number of hydrogen-bond donors (Lipinski definition) is 0. The number of rotatable bonds is 2. The van der Waals surface area contributed by atoms with Crippen LogP contribution in [0.3, 0.4) is 0 Å². The minimum absolute atomic E-state index is 0.407. The molecule has 0 aliphatic carbocycles. The Kier molecular flexibility index (Phi) is 4.22. The third kappa shape index (κ3) is 3.03. The van der Waals surface area contributed by atoms with Gasteiger partial charge in [0, 0.05) is 38.1 Å². The molecule has 2 saturated heterocycles. The minimum Gasteiger partial charge on any atom is -0.365 e. The zero-order valence-electron chi connectivity index (χ0n) is 14.2. The van der Waals surface area contributed by atoms with Crippen LogP contribution in [0.1, 0.15) is 24.0 Å². The van der Waals surface area contributed by atoms with E-state index in [9.17, 15) is 0 Å². The first-order valence-corrected chi connectivity index (χ1v) is 9.03. The van der Waals surface area contributed by atoms with Crippen LogP contribution in [0.2, 0.25) is 5.02 Å². The zero-order chi connectivity index (χ0) is 17.4. The first-order chi connectivity index (χ1) is 12.2. The fourth-order valence-electron chi connectivity index (χ4n) is 3.98. The van der Waals surface area contributed by atoms with Gasteiger partial charge in [0.1, 0.15) is 0 Å². The molecule has 1 aromatic carbocycles. The van der Waals surface area contributed by atoms with E-state index in [4.69, 9.17) is 16.9 Å². The van der Waals surface area contributed by atoms with Crippen molar-refractivity contribution in [3.8, 4) is 6.07 Å². The van der Waals surface area contributed by atoms with Gasteiger partial charge in [0.05, 0.1) is 22.3 Å². The Morgan fingerprint density at radius 1 is 1.20 bits per heavy atom. The summed E-state index contributed by atoms with van der Waals surface area (Å²) >= 11 is 6.46. The fraction of sp³-hybridized carbons (Fsp3) is 0.421. The number of halogens is 1. The van der Waals surface area contributed by atoms with Crippen LogP contribution < -0.4 is 9.80 Å². The van der Waals surface area contributed by atoms with Gasteiger partial charge >= 0.3 is 0 Å². The molecule has 4 rings (SSSR count). The summed E-state index contributed by atoms with van der Waals surface area (Å²) in [5.41, 5.74) is 2.70. The molecule has 128 valence electrons. The van der Waals surface area contributed by atoms with Gasteiger partial charge in [-0.2, -0.15) is 5.26 Å². The Bertz CT molecular complexity index is 814. The van der Waals surface area contributed by atoms with Crippen LogP contribution in [-0.4, -0.2) is 35.6 Å². The quantitative estimate of drug-likeness (QED) is 0.828. The lowest BCUT2D eigenvalue weighted by atomic mass is 9.92. The molecule has 3 heterocycles. The van der Waals surface area contributed by atoms with Crippen molar-refractivity contribution in [2.45, 2.75) is 25.8 Å². The maximum absolute atomic E-state index is 9.04. The number of aryl methyl sites for hydroxylation is 1. The van der Waals surface area contributed by atoms with E-state index in [-0.39, 0.29) is 0 Å². The molecular formula is C19H20ClN5. The van der Waals surface area contributed by atoms with E-state index in [0.29, 0.717) is 22.5 Å². The predicted octanol–water partition coefficient (Wildman–Crippen LogP) is 3.42. The lowest BCUT2D eigenvalue weighted by Crippen LogP contribution is -2.49. The van der Waals surface area contributed by atoms with E-state index in [0.717, 1.165) is 43.3 Å². The fourth-order valence-corrected chi connectivity index (χ4v) is 4.27. The number of aromatic nitrogens is 2. The normalized spacial score (nSPS) is 22.6. The van der Waals surface area contributed by atoms with Gasteiger partial charge in [-0.05, 0) is 49.4 Å². The number of hydrogen-bond acceptors (Lipinski definition) is 5. The molecule has 25 heavy (non-hydrogen) atoms. The molecule has 0 radical (unpaired) electrons. The number of nitrogens with zero attached hydrogens (tertiary/aromatic N) is 5. The van der Waals surface area contributed by atoms with Crippen molar-refractivity contribution in [1.29, 1.82) is 5.26 Å². The SMILES string of the molecule is Cc1cnc(N2CCC3CCN(c4ccc(C#N)cc4Cl)C3C2)nc1. The molecule has 0 bridgehead atoms. The van der Waals surface area contributed by atoms with Crippen LogP contribution in [0.5, 0.6) is 0 Å². The van der Waals surface area contributed by atoms with Gasteiger partial charge in [-0.15, -0.1) is 0 Å². The molecule has 0 N–H and O–H groups in total. The van der Waals surface area contributed by atoms with E-state index in [2.05, 4.69) is 25.8 Å². The second-order valence-corrected chi connectivity index (χ2v) is 7.29. The Balaban J connectivity index is 1.58. The van der Waals surface area contributed by atoms with Crippen LogP contribution >= 0.6 is 11.6 Å². The summed E-state index contributed by atoms with van der Waals surface area (Å²) < 4.78 is 0. The Morgan fingerprint density at radius 3 is 2.68 bits per heavy atom. The Hall–Kier alpha value is -2.32. The van der Waals surface area contributed by atoms with Gasteiger partial charge in [-0.25, -0.2) is 9.97 Å². The summed E-state index contributed by atoms with van der Waals surface area (Å²) in [5, 5.41) is 9.70. The second kappa shape index (κ2) is 6.53. The maximum Gasteiger partial charge on any atom is 0.225 e. The molecule has 2 aromatic rings. The molecule has 2 unspecified atom stereocenters. The molecule has 0 spiro atoms. The highest BCUT2D eigenvalue weighted by Gasteiger charge is 2.39. The van der Waals surface area contributed by atoms with Crippen LogP contribution in [0, 0.1) is 24.2 Å². The average Bonchev–Trinajstić information content (AvgIpc) is 3.05. The summed E-state index contributed by atoms with van der Waals surface area (Å²) in [4.78, 5) is 13.6. The molecular weight excluding hydrogens is 334 g/mol. The number of anilines is 2. The Morgan fingerprint density at radius 2 is 1.96 bits per heavy atom. The minimum atomic E-state index is 0.407. The number of fused-ring (bicyclic) bond motifs is 1. The first kappa shape index (κ1) is 16.2. The van der Waals surface area contributed by atoms with Gasteiger partial charge in [0.25, 0.3) is 0 Å². The molecule has 0 saturated carbocycles. The lowest BCUT2D eigenvalue weighted by molar-refractivity contribution is 0.387. The number of benzene rings is 1. The van der Waals surface area contributed by atoms with Crippen molar-refractivity contribution in [3.05, 3.63) is 46.7 Å². The second-order valence-electron chi connectivity index (χ2n) is 6.88. The molecule has 2 fully saturated rings. The number of nitriles is 1. The smallest absolute Gasteiger partial charge is 0.225 e. The van der Waals surface area contributed by atoms with Crippen LogP contribution in [0.25, 0.3) is 0 Å². The molecule has 5 nitrogen and oxygen atoms in total. The predicted molar refractivity (Wildman–Crippen MR) is 99.0 cm³/mol. The lowest BCUT2D eigenvalue weighted by Gasteiger charge is -2.39. The van der Waals surface area contributed by atoms with Gasteiger partial charge in [0.2, 0.25) is 5.95 Å². The van der Waals surface area contributed by atoms with Crippen LogP contribution in [0.4, 0.5) is 11.6 Å². The third-order valence-corrected chi connectivity index (χ3v) is 5.60. The van der Waals surface area contributed by atoms with E-state index < -0.39 is 0 Å². The van der Waals surface area contributed by atoms with E-state index in [1.54, 1.807) is 6.07 Å². The largest absolute Gasteiger partial charge is 0.365 e. The van der Waals surface area contributed by atoms with Crippen molar-refractivity contribution in [1.82, 2.24) is 9.97 Å². The number of piperidine rings is 1. The van der Waals surface area contributed by atoms with Gasteiger partial charge in [-0.3, -0.25) is 0 Å². The van der Waals surface area contributed by atoms with Crippen molar-refractivity contribution in [2.75, 3.05) is 29.4 Å². The van der Waals surface area contributed by atoms with Gasteiger partial charge in [-0.1, -0.05) is 11.6 Å². The summed E-state index contributed by atoms with van der Waals surface area (Å²) in [5.74, 6) is 1.48. The molecule has 2 atom stereocenters. The van der Waals surface area contributed by atoms with Crippen LogP contribution in [0.15, 0.2) is 30.6 Å². The summed E-state index contributed by atoms with van der Waals surface area (Å²) in [7, 11) is 0. The monoisotopic (exact) mass is 353 g/mol. The first-order valence-electron chi connectivity index (χ1n) is 8.65. The summed E-state index contributed by atoms with van der Waals surface area (Å²) in [6, 6.07) is 8.13. The molecule has 1 aromatic heterocycles. The van der Waals surface area contributed by atoms with E-state index in [1.807, 2.05) is 31.5 Å². The summed E-state index contributed by atoms with van der Waals surface area (Å²) in [6.45, 7) is 4.91. The highest BCUT2D eigenvalue weighted by Crippen LogP contribution is 2.38. The Labute approximate surface area is 152 Å². The molecule has 0 amide bonds. The summed E-state index contributed by atoms with van der Waals surface area (Å²) in [6.07, 6.45) is 6.08.